The summed E-state index contributed by atoms with van der Waals surface area (Å²) in [5, 5.41) is 3.35. The number of likely N-dealkylation sites (N-methyl/N-ethyl adjacent to an activating group) is 1. The molecule has 2 aliphatic rings. The maximum Gasteiger partial charge on any atom is 0.109 e. The predicted octanol–water partition coefficient (Wildman–Crippen LogP) is 2.07. The van der Waals surface area contributed by atoms with Crippen LogP contribution in [0.3, 0.4) is 0 Å². The summed E-state index contributed by atoms with van der Waals surface area (Å²) >= 11 is 0. The summed E-state index contributed by atoms with van der Waals surface area (Å²) < 4.78 is 5.66. The van der Waals surface area contributed by atoms with E-state index in [1.165, 1.54) is 37.9 Å². The van der Waals surface area contributed by atoms with Crippen molar-refractivity contribution in [3.8, 4) is 0 Å². The molecule has 0 aromatic rings. The van der Waals surface area contributed by atoms with Crippen LogP contribution < -0.4 is 5.32 Å². The van der Waals surface area contributed by atoms with Gasteiger partial charge in [-0.1, -0.05) is 12.8 Å². The lowest BCUT2D eigenvalue weighted by atomic mass is 10.1. The quantitative estimate of drug-likeness (QED) is 0.717. The monoisotopic (exact) mass is 181 g/mol. The van der Waals surface area contributed by atoms with Gasteiger partial charge < -0.3 is 10.1 Å². The second-order valence-corrected chi connectivity index (χ2v) is 4.12. The summed E-state index contributed by atoms with van der Waals surface area (Å²) in [5.41, 5.74) is 0. The highest BCUT2D eigenvalue weighted by molar-refractivity contribution is 5.06. The molecular weight excluding hydrogens is 162 g/mol. The van der Waals surface area contributed by atoms with E-state index in [0.717, 1.165) is 12.5 Å². The highest BCUT2D eigenvalue weighted by atomic mass is 16.5. The van der Waals surface area contributed by atoms with Gasteiger partial charge in [0.05, 0.1) is 12.6 Å². The van der Waals surface area contributed by atoms with Crippen molar-refractivity contribution in [2.45, 2.75) is 38.1 Å². The third-order valence-corrected chi connectivity index (χ3v) is 2.92. The largest absolute Gasteiger partial charge is 0.497 e. The van der Waals surface area contributed by atoms with Crippen molar-refractivity contribution in [3.05, 3.63) is 11.8 Å². The highest BCUT2D eigenvalue weighted by Gasteiger charge is 2.27. The van der Waals surface area contributed by atoms with Crippen LogP contribution in [0.1, 0.15) is 32.1 Å². The smallest absolute Gasteiger partial charge is 0.109 e. The van der Waals surface area contributed by atoms with Crippen LogP contribution >= 0.6 is 0 Å². The van der Waals surface area contributed by atoms with Crippen molar-refractivity contribution in [3.63, 3.8) is 0 Å². The van der Waals surface area contributed by atoms with Gasteiger partial charge in [-0.2, -0.15) is 0 Å². The maximum atomic E-state index is 5.66. The Bertz CT molecular complexity index is 196. The molecule has 1 heterocycles. The molecule has 2 rings (SSSR count). The first-order valence-corrected chi connectivity index (χ1v) is 5.40. The Balaban J connectivity index is 1.89. The lowest BCUT2D eigenvalue weighted by molar-refractivity contribution is 0.165. The van der Waals surface area contributed by atoms with Gasteiger partial charge in [0, 0.05) is 0 Å². The number of ether oxygens (including phenoxy) is 1. The van der Waals surface area contributed by atoms with Crippen molar-refractivity contribution in [2.24, 2.45) is 5.92 Å². The van der Waals surface area contributed by atoms with E-state index in [-0.39, 0.29) is 0 Å². The van der Waals surface area contributed by atoms with Gasteiger partial charge in [-0.3, -0.25) is 0 Å². The Kier molecular flexibility index (Phi) is 2.89. The molecule has 1 saturated carbocycles. The van der Waals surface area contributed by atoms with Crippen LogP contribution in [0.25, 0.3) is 0 Å². The number of hydrogen-bond donors (Lipinski definition) is 1. The van der Waals surface area contributed by atoms with E-state index in [4.69, 9.17) is 4.74 Å². The van der Waals surface area contributed by atoms with E-state index in [2.05, 4.69) is 11.4 Å². The van der Waals surface area contributed by atoms with Gasteiger partial charge in [0.1, 0.15) is 5.76 Å². The first-order chi connectivity index (χ1) is 6.40. The molecule has 1 aliphatic heterocycles. The van der Waals surface area contributed by atoms with Crippen molar-refractivity contribution < 1.29 is 4.74 Å². The van der Waals surface area contributed by atoms with Gasteiger partial charge in [-0.15, -0.1) is 0 Å². The summed E-state index contributed by atoms with van der Waals surface area (Å²) in [6, 6.07) is 0.479. The fourth-order valence-electron chi connectivity index (χ4n) is 1.88. The minimum absolute atomic E-state index is 0.479. The minimum Gasteiger partial charge on any atom is -0.497 e. The van der Waals surface area contributed by atoms with Gasteiger partial charge in [0.2, 0.25) is 0 Å². The summed E-state index contributed by atoms with van der Waals surface area (Å²) in [5.74, 6) is 2.16. The van der Waals surface area contributed by atoms with Crippen molar-refractivity contribution in [1.29, 1.82) is 0 Å². The summed E-state index contributed by atoms with van der Waals surface area (Å²) in [6.45, 7) is 0.911. The first kappa shape index (κ1) is 9.07. The maximum absolute atomic E-state index is 5.66. The average molecular weight is 181 g/mol. The highest BCUT2D eigenvalue weighted by Crippen LogP contribution is 2.35. The van der Waals surface area contributed by atoms with E-state index in [9.17, 15) is 0 Å². The second-order valence-electron chi connectivity index (χ2n) is 4.12. The lowest BCUT2D eigenvalue weighted by Gasteiger charge is -2.23. The van der Waals surface area contributed by atoms with E-state index in [1.807, 2.05) is 7.05 Å². The fraction of sp³-hybridized carbons (Fsp3) is 0.818. The molecule has 0 saturated heterocycles. The standard InChI is InChI=1S/C11H19NO/c1-12-10(8-9-5-6-9)11-4-2-3-7-13-11/h4,9-10,12H,2-3,5-8H2,1H3. The van der Waals surface area contributed by atoms with Crippen molar-refractivity contribution in [2.75, 3.05) is 13.7 Å². The van der Waals surface area contributed by atoms with E-state index >= 15 is 0 Å². The van der Waals surface area contributed by atoms with Crippen LogP contribution in [-0.2, 0) is 4.74 Å². The van der Waals surface area contributed by atoms with Crippen LogP contribution in [0.15, 0.2) is 11.8 Å². The van der Waals surface area contributed by atoms with Crippen LogP contribution in [0.2, 0.25) is 0 Å². The molecular formula is C11H19NO. The molecule has 2 heteroatoms. The number of nitrogens with one attached hydrogen (secondary N) is 1. The molecule has 0 aromatic heterocycles. The molecule has 2 nitrogen and oxygen atoms in total. The number of allylic oxidation sites excluding steroid dienone is 1. The van der Waals surface area contributed by atoms with Gasteiger partial charge >= 0.3 is 0 Å². The molecule has 13 heavy (non-hydrogen) atoms. The number of hydrogen-bond acceptors (Lipinski definition) is 2. The normalized spacial score (nSPS) is 24.8. The molecule has 74 valence electrons. The summed E-state index contributed by atoms with van der Waals surface area (Å²) in [4.78, 5) is 0. The zero-order valence-corrected chi connectivity index (χ0v) is 8.38. The van der Waals surface area contributed by atoms with E-state index in [0.29, 0.717) is 6.04 Å². The van der Waals surface area contributed by atoms with Gasteiger partial charge in [-0.25, -0.2) is 0 Å². The summed E-state index contributed by atoms with van der Waals surface area (Å²) in [6.07, 6.45) is 8.74. The molecule has 1 fully saturated rings. The third-order valence-electron chi connectivity index (χ3n) is 2.92. The Morgan fingerprint density at radius 2 is 2.46 bits per heavy atom. The van der Waals surface area contributed by atoms with E-state index < -0.39 is 0 Å². The summed E-state index contributed by atoms with van der Waals surface area (Å²) in [7, 11) is 2.03. The Hall–Kier alpha value is -0.500. The van der Waals surface area contributed by atoms with Crippen molar-refractivity contribution >= 4 is 0 Å². The predicted molar refractivity (Wildman–Crippen MR) is 53.5 cm³/mol. The van der Waals surface area contributed by atoms with Crippen molar-refractivity contribution in [1.82, 2.24) is 5.32 Å². The molecule has 0 radical (unpaired) electrons. The van der Waals surface area contributed by atoms with Crippen LogP contribution in [0.4, 0.5) is 0 Å². The Morgan fingerprint density at radius 1 is 1.62 bits per heavy atom. The molecule has 1 atom stereocenters. The topological polar surface area (TPSA) is 21.3 Å². The molecule has 0 bridgehead atoms. The zero-order chi connectivity index (χ0) is 9.10. The molecule has 0 spiro atoms. The molecule has 1 N–H and O–H groups in total. The second kappa shape index (κ2) is 4.14. The van der Waals surface area contributed by atoms with Gasteiger partial charge in [0.15, 0.2) is 0 Å². The lowest BCUT2D eigenvalue weighted by Crippen LogP contribution is -2.30. The van der Waals surface area contributed by atoms with Crippen LogP contribution in [-0.4, -0.2) is 19.7 Å². The third kappa shape index (κ3) is 2.47. The number of rotatable bonds is 4. The zero-order valence-electron chi connectivity index (χ0n) is 8.38. The molecule has 1 unspecified atom stereocenters. The van der Waals surface area contributed by atoms with E-state index in [1.54, 1.807) is 0 Å². The van der Waals surface area contributed by atoms with Crippen LogP contribution in [0.5, 0.6) is 0 Å². The van der Waals surface area contributed by atoms with Gasteiger partial charge in [-0.05, 0) is 38.3 Å². The van der Waals surface area contributed by atoms with Crippen LogP contribution in [0, 0.1) is 5.92 Å². The Labute approximate surface area is 80.4 Å². The Morgan fingerprint density at radius 3 is 3.00 bits per heavy atom. The first-order valence-electron chi connectivity index (χ1n) is 5.40. The SMILES string of the molecule is CNC(CC1CC1)C1=CCCCO1. The molecule has 0 amide bonds. The fourth-order valence-corrected chi connectivity index (χ4v) is 1.88. The minimum atomic E-state index is 0.479. The average Bonchev–Trinajstić information content (AvgIpc) is 2.99. The molecule has 1 aliphatic carbocycles. The van der Waals surface area contributed by atoms with Gasteiger partial charge in [0.25, 0.3) is 0 Å². The molecule has 0 aromatic carbocycles.